The summed E-state index contributed by atoms with van der Waals surface area (Å²) in [6.45, 7) is 2.16. The molecular formula is C11H17NO. The molecule has 2 heteroatoms. The Labute approximate surface area is 79.9 Å². The molecule has 0 amide bonds. The topological polar surface area (TPSA) is 40.9 Å². The maximum atomic E-state index is 10.9. The molecule has 1 aliphatic rings. The average molecular weight is 179 g/mol. The molecule has 0 aromatic carbocycles. The van der Waals surface area contributed by atoms with Gasteiger partial charge < -0.3 is 4.79 Å². The van der Waals surface area contributed by atoms with Crippen molar-refractivity contribution < 1.29 is 4.79 Å². The number of rotatable bonds is 3. The molecule has 13 heavy (non-hydrogen) atoms. The highest BCUT2D eigenvalue weighted by molar-refractivity contribution is 5.55. The maximum absolute atomic E-state index is 10.9. The largest absolute Gasteiger partial charge is 0.303 e. The zero-order valence-electron chi connectivity index (χ0n) is 8.25. The smallest absolute Gasteiger partial charge is 0.123 e. The van der Waals surface area contributed by atoms with Gasteiger partial charge in [-0.25, -0.2) is 0 Å². The molecule has 1 fully saturated rings. The van der Waals surface area contributed by atoms with Crippen LogP contribution in [0, 0.1) is 22.7 Å². The van der Waals surface area contributed by atoms with Crippen molar-refractivity contribution in [2.24, 2.45) is 11.3 Å². The molecule has 72 valence electrons. The highest BCUT2D eigenvalue weighted by Crippen LogP contribution is 2.43. The predicted molar refractivity (Wildman–Crippen MR) is 51.0 cm³/mol. The lowest BCUT2D eigenvalue weighted by Gasteiger charge is -2.38. The van der Waals surface area contributed by atoms with Crippen LogP contribution >= 0.6 is 0 Å². The Kier molecular flexibility index (Phi) is 3.48. The number of carbonyl (C=O) groups excluding carboxylic acids is 1. The molecular weight excluding hydrogens is 162 g/mol. The zero-order valence-corrected chi connectivity index (χ0v) is 8.25. The lowest BCUT2D eigenvalue weighted by Crippen LogP contribution is -2.31. The van der Waals surface area contributed by atoms with E-state index in [9.17, 15) is 4.79 Å². The highest BCUT2D eigenvalue weighted by atomic mass is 16.1. The molecule has 0 spiro atoms. The van der Waals surface area contributed by atoms with E-state index in [1.807, 2.05) is 0 Å². The Morgan fingerprint density at radius 2 is 2.38 bits per heavy atom. The number of aldehydes is 1. The summed E-state index contributed by atoms with van der Waals surface area (Å²) in [6, 6.07) is 2.17. The van der Waals surface area contributed by atoms with Crippen LogP contribution in [0.4, 0.5) is 0 Å². The predicted octanol–water partition coefficient (Wildman–Crippen LogP) is 2.69. The van der Waals surface area contributed by atoms with E-state index >= 15 is 0 Å². The lowest BCUT2D eigenvalue weighted by molar-refractivity contribution is -0.116. The van der Waals surface area contributed by atoms with Gasteiger partial charge in [0.15, 0.2) is 0 Å². The fourth-order valence-electron chi connectivity index (χ4n) is 2.31. The lowest BCUT2D eigenvalue weighted by atomic mass is 9.66. The first-order valence-electron chi connectivity index (χ1n) is 5.05. The van der Waals surface area contributed by atoms with Crippen LogP contribution in [-0.4, -0.2) is 6.29 Å². The van der Waals surface area contributed by atoms with Gasteiger partial charge in [0, 0.05) is 12.3 Å². The molecule has 1 rings (SSSR count). The van der Waals surface area contributed by atoms with Crippen molar-refractivity contribution in [2.45, 2.75) is 45.4 Å². The second kappa shape index (κ2) is 4.41. The maximum Gasteiger partial charge on any atom is 0.123 e. The Bertz CT molecular complexity index is 219. The molecule has 1 saturated carbocycles. The fourth-order valence-corrected chi connectivity index (χ4v) is 2.31. The van der Waals surface area contributed by atoms with Crippen LogP contribution in [0.5, 0.6) is 0 Å². The van der Waals surface area contributed by atoms with Crippen molar-refractivity contribution in [3.8, 4) is 6.07 Å². The van der Waals surface area contributed by atoms with Gasteiger partial charge >= 0.3 is 0 Å². The molecule has 0 radical (unpaired) electrons. The highest BCUT2D eigenvalue weighted by Gasteiger charge is 2.35. The van der Waals surface area contributed by atoms with Gasteiger partial charge in [0.05, 0.1) is 6.07 Å². The molecule has 2 nitrogen and oxygen atoms in total. The van der Waals surface area contributed by atoms with E-state index in [-0.39, 0.29) is 11.3 Å². The van der Waals surface area contributed by atoms with Gasteiger partial charge in [-0.1, -0.05) is 19.8 Å². The van der Waals surface area contributed by atoms with E-state index < -0.39 is 0 Å². The van der Waals surface area contributed by atoms with Crippen molar-refractivity contribution in [3.05, 3.63) is 0 Å². The summed E-state index contributed by atoms with van der Waals surface area (Å²) in [5, 5.41) is 8.53. The number of hydrogen-bond acceptors (Lipinski definition) is 2. The SMILES string of the molecule is CC1(CCC#N)CCCCC1C=O. The fraction of sp³-hybridized carbons (Fsp3) is 0.818. The third-order valence-electron chi connectivity index (χ3n) is 3.38. The number of carbonyl (C=O) groups is 1. The van der Waals surface area contributed by atoms with Crippen LogP contribution in [-0.2, 0) is 4.79 Å². The first kappa shape index (κ1) is 10.2. The summed E-state index contributed by atoms with van der Waals surface area (Å²) >= 11 is 0. The number of hydrogen-bond donors (Lipinski definition) is 0. The minimum atomic E-state index is 0.107. The van der Waals surface area contributed by atoms with Crippen molar-refractivity contribution in [2.75, 3.05) is 0 Å². The molecule has 0 N–H and O–H groups in total. The molecule has 0 aromatic heterocycles. The van der Waals surface area contributed by atoms with E-state index in [0.717, 1.165) is 25.5 Å². The Morgan fingerprint density at radius 3 is 3.00 bits per heavy atom. The summed E-state index contributed by atoms with van der Waals surface area (Å²) in [5.74, 6) is 0.189. The standard InChI is InChI=1S/C11H17NO/c1-11(7-4-8-12)6-3-2-5-10(11)9-13/h9-10H,2-7H2,1H3. The van der Waals surface area contributed by atoms with Gasteiger partial charge in [-0.05, 0) is 24.7 Å². The quantitative estimate of drug-likeness (QED) is 0.625. The first-order valence-corrected chi connectivity index (χ1v) is 5.05. The summed E-state index contributed by atoms with van der Waals surface area (Å²) < 4.78 is 0. The molecule has 2 atom stereocenters. The Balaban J connectivity index is 2.60. The molecule has 1 aliphatic carbocycles. The monoisotopic (exact) mass is 179 g/mol. The van der Waals surface area contributed by atoms with E-state index in [2.05, 4.69) is 13.0 Å². The summed E-state index contributed by atoms with van der Waals surface area (Å²) in [5.41, 5.74) is 0.107. The van der Waals surface area contributed by atoms with E-state index in [1.54, 1.807) is 0 Å². The van der Waals surface area contributed by atoms with Crippen molar-refractivity contribution in [1.29, 1.82) is 5.26 Å². The first-order chi connectivity index (χ1) is 6.23. The van der Waals surface area contributed by atoms with Gasteiger partial charge in [-0.3, -0.25) is 0 Å². The Morgan fingerprint density at radius 1 is 1.62 bits per heavy atom. The van der Waals surface area contributed by atoms with Gasteiger partial charge in [-0.2, -0.15) is 5.26 Å². The zero-order chi connectivity index (χ0) is 9.73. The van der Waals surface area contributed by atoms with Gasteiger partial charge in [0.1, 0.15) is 6.29 Å². The van der Waals surface area contributed by atoms with E-state index in [0.29, 0.717) is 6.42 Å². The van der Waals surface area contributed by atoms with E-state index in [1.165, 1.54) is 12.8 Å². The van der Waals surface area contributed by atoms with Crippen LogP contribution in [0.2, 0.25) is 0 Å². The van der Waals surface area contributed by atoms with Crippen LogP contribution in [0.25, 0.3) is 0 Å². The van der Waals surface area contributed by atoms with Crippen LogP contribution in [0.15, 0.2) is 0 Å². The minimum Gasteiger partial charge on any atom is -0.303 e. The van der Waals surface area contributed by atoms with E-state index in [4.69, 9.17) is 5.26 Å². The van der Waals surface area contributed by atoms with Crippen LogP contribution in [0.1, 0.15) is 45.4 Å². The van der Waals surface area contributed by atoms with Crippen molar-refractivity contribution >= 4 is 6.29 Å². The molecule has 2 unspecified atom stereocenters. The van der Waals surface area contributed by atoms with Crippen molar-refractivity contribution in [3.63, 3.8) is 0 Å². The van der Waals surface area contributed by atoms with Gasteiger partial charge in [0.25, 0.3) is 0 Å². The summed E-state index contributed by atoms with van der Waals surface area (Å²) in [4.78, 5) is 10.9. The molecule has 0 aliphatic heterocycles. The number of nitrogens with zero attached hydrogens (tertiary/aromatic N) is 1. The molecule has 0 aromatic rings. The normalized spacial score (nSPS) is 33.7. The summed E-state index contributed by atoms with van der Waals surface area (Å²) in [6.07, 6.45) is 7.08. The molecule has 0 heterocycles. The van der Waals surface area contributed by atoms with Crippen LogP contribution in [0.3, 0.4) is 0 Å². The van der Waals surface area contributed by atoms with Crippen molar-refractivity contribution in [1.82, 2.24) is 0 Å². The molecule has 0 bridgehead atoms. The number of nitriles is 1. The van der Waals surface area contributed by atoms with Gasteiger partial charge in [0.2, 0.25) is 0 Å². The third-order valence-corrected chi connectivity index (χ3v) is 3.38. The van der Waals surface area contributed by atoms with Crippen LogP contribution < -0.4 is 0 Å². The second-order valence-corrected chi connectivity index (χ2v) is 4.30. The second-order valence-electron chi connectivity index (χ2n) is 4.30. The minimum absolute atomic E-state index is 0.107. The van der Waals surface area contributed by atoms with Gasteiger partial charge in [-0.15, -0.1) is 0 Å². The average Bonchev–Trinajstić information content (AvgIpc) is 2.16. The molecule has 0 saturated heterocycles. The third kappa shape index (κ3) is 2.30. The Hall–Kier alpha value is -0.840. The summed E-state index contributed by atoms with van der Waals surface area (Å²) in [7, 11) is 0.